The summed E-state index contributed by atoms with van der Waals surface area (Å²) >= 11 is 27.6. The van der Waals surface area contributed by atoms with E-state index in [1.807, 2.05) is 19.1 Å². The van der Waals surface area contributed by atoms with Crippen molar-refractivity contribution in [2.75, 3.05) is 55.3 Å². The van der Waals surface area contributed by atoms with Crippen molar-refractivity contribution < 1.29 is 142 Å². The fourth-order valence-corrected chi connectivity index (χ4v) is 17.1. The Morgan fingerprint density at radius 1 is 0.338 bits per heavy atom. The molecule has 0 bridgehead atoms. The average Bonchev–Trinajstić information content (AvgIpc) is 0.756. The average molecular weight is 2170 g/mol. The molecular formula is C71H57Cl4N25O30S9. The van der Waals surface area contributed by atoms with Crippen LogP contribution in [0, 0.1) is 13.8 Å². The standard InChI is InChI=1S/C45H34Cl2N16O20S6.C19H13Cl2N7O10S3.C7H10N2/c1-17-3-2-4-26(52-44-56-40(46)54-43(58-44)51-21-6-8-25(31(14-21)88(72,73)74)61-63-39-34-19(12-32(36(39)49)89(75,76)77)10-23(16-28(34)65)87(69,70)71)37(17)53-45-57-41(47)55-42(59-45)50-20-5-7-24(29(13-20)85-82-79-67)60-62-38-33-18(11-30(35(38)48)86-83-80-68)9-22(15-27(33)64)84-81-78-66;20-17-24-18(21)26-19(25-17)23-8-1-2-10(12(5-8)40-37-34-31)27-28-16-14-7(4-13(15(16)22)41-38-35-32)3-9(6-11(14)29)39-36-33-30;1-5-3-2-4-6(8)7(5)9/h2-16,64-68H,48-49H2,1H3,(H,69,70,71)(H,72,73,74)(H,75,76,77)(H2,50,53,55,57,59)(H2,51,52,54,56,58);1-6,29-32H,22H2,(H,23,24,25,26);2-4H,8-9H2,1H3. The van der Waals surface area contributed by atoms with Crippen molar-refractivity contribution in [1.29, 1.82) is 0 Å². The number of nitrogens with two attached hydrogens (primary N) is 5. The van der Waals surface area contributed by atoms with Crippen molar-refractivity contribution >= 4 is 302 Å². The minimum absolute atomic E-state index is 0.0000285. The highest BCUT2D eigenvalue weighted by atomic mass is 35.5. The van der Waals surface area contributed by atoms with Crippen LogP contribution < -0.4 is 55.3 Å². The topological polar surface area (TPSA) is 836 Å². The van der Waals surface area contributed by atoms with Gasteiger partial charge in [-0.1, -0.05) is 54.5 Å². The van der Waals surface area contributed by atoms with Gasteiger partial charge in [-0.25, -0.2) is 31.5 Å². The Morgan fingerprint density at radius 2 is 0.705 bits per heavy atom. The highest BCUT2D eigenvalue weighted by molar-refractivity contribution is 7.96. The molecule has 139 heavy (non-hydrogen) atoms. The lowest BCUT2D eigenvalue weighted by molar-refractivity contribution is -0.432. The first-order valence-corrected chi connectivity index (χ1v) is 46.7. The van der Waals surface area contributed by atoms with Crippen LogP contribution in [0.5, 0.6) is 17.2 Å². The maximum atomic E-state index is 12.8. The summed E-state index contributed by atoms with van der Waals surface area (Å²) in [5, 5.41) is 145. The molecule has 0 aliphatic carbocycles. The monoisotopic (exact) mass is 2170 g/mol. The smallest absolute Gasteiger partial charge is 0.296 e. The summed E-state index contributed by atoms with van der Waals surface area (Å²) in [6.45, 7) is 3.66. The van der Waals surface area contributed by atoms with Crippen LogP contribution >= 0.6 is 119 Å². The van der Waals surface area contributed by atoms with Crippen LogP contribution in [0.25, 0.3) is 32.3 Å². The summed E-state index contributed by atoms with van der Waals surface area (Å²) < 4.78 is 131. The van der Waals surface area contributed by atoms with E-state index >= 15 is 0 Å². The Labute approximate surface area is 821 Å². The van der Waals surface area contributed by atoms with Crippen LogP contribution in [0.2, 0.25) is 21.1 Å². The minimum atomic E-state index is -5.19. The Kier molecular flexibility index (Phi) is 36.1. The van der Waals surface area contributed by atoms with Gasteiger partial charge in [0.2, 0.25) is 50.9 Å². The number of aromatic hydroxyl groups is 3. The lowest BCUT2D eigenvalue weighted by Crippen LogP contribution is -2.08. The maximum Gasteiger partial charge on any atom is 0.296 e. The number of rotatable bonds is 37. The molecule has 3 aromatic heterocycles. The SMILES string of the molecule is Cc1cccc(N)c1N.Cc1cccc(Nc2nc(Cl)nc(Nc3ccc(N=Nc4c(N)c(S(=O)(=O)O)cc5cc(S(=O)(=O)O)cc(O)c45)c(S(=O)(=O)O)c3)n2)c1Nc1nc(Cl)nc(Nc2ccc(N=Nc3c(N)c(SOOO)cc4cc(SOOO)cc(O)c34)c(SOOO)c2)n1.Nc1c(SOOO)cc2cc(SOOO)cc(O)c2c1N=Nc1ccc(Nc2nc(Cl)nc(Cl)n2)cc1SOOO. The molecule has 0 amide bonds. The van der Waals surface area contributed by atoms with Crippen LogP contribution in [0.1, 0.15) is 11.1 Å². The molecule has 0 saturated carbocycles. The number of halogens is 4. The fourth-order valence-electron chi connectivity index (χ4n) is 11.9. The molecule has 55 nitrogen and oxygen atoms in total. The number of hydrogen-bond acceptors (Lipinski definition) is 58. The van der Waals surface area contributed by atoms with Gasteiger partial charge in [-0.05, 0) is 203 Å². The molecule has 14 rings (SSSR count). The molecule has 27 N–H and O–H groups in total. The maximum absolute atomic E-state index is 12.8. The van der Waals surface area contributed by atoms with E-state index in [1.165, 1.54) is 66.7 Å². The van der Waals surface area contributed by atoms with Crippen LogP contribution in [-0.2, 0) is 86.6 Å². The lowest BCUT2D eigenvalue weighted by atomic mass is 10.1. The van der Waals surface area contributed by atoms with Crippen LogP contribution in [0.4, 0.5) is 121 Å². The predicted octanol–water partition coefficient (Wildman–Crippen LogP) is 19.6. The third kappa shape index (κ3) is 27.7. The van der Waals surface area contributed by atoms with E-state index in [9.17, 15) is 54.2 Å². The normalized spacial score (nSPS) is 11.8. The molecule has 0 spiro atoms. The summed E-state index contributed by atoms with van der Waals surface area (Å²) in [4.78, 5) is 35.4. The number of nitrogens with one attached hydrogen (secondary N) is 5. The molecule has 0 fully saturated rings. The van der Waals surface area contributed by atoms with Gasteiger partial charge in [0, 0.05) is 32.9 Å². The van der Waals surface area contributed by atoms with Gasteiger partial charge < -0.3 is 70.6 Å². The van der Waals surface area contributed by atoms with Gasteiger partial charge in [-0.15, -0.1) is 56.7 Å². The fraction of sp³-hybridized carbons (Fsp3) is 0.0282. The van der Waals surface area contributed by atoms with Gasteiger partial charge in [0.05, 0.1) is 153 Å². The number of fused-ring (bicyclic) bond motifs is 3. The van der Waals surface area contributed by atoms with E-state index in [1.54, 1.807) is 43.3 Å². The quantitative estimate of drug-likeness (QED) is 0.00429. The van der Waals surface area contributed by atoms with E-state index in [0.717, 1.165) is 23.8 Å². The van der Waals surface area contributed by atoms with Gasteiger partial charge in [-0.2, -0.15) is 70.1 Å². The molecule has 0 unspecified atom stereocenters. The second-order valence-electron chi connectivity index (χ2n) is 26.4. The Hall–Kier alpha value is -12.3. The van der Waals surface area contributed by atoms with Crippen LogP contribution in [-0.4, -0.2) is 131 Å². The zero-order chi connectivity index (χ0) is 100. The van der Waals surface area contributed by atoms with Crippen molar-refractivity contribution in [3.8, 4) is 17.2 Å². The molecule has 0 radical (unpaired) electrons. The van der Waals surface area contributed by atoms with E-state index in [2.05, 4.69) is 154 Å². The molecular weight excluding hydrogens is 2110 g/mol. The molecule has 0 aliphatic rings. The Balaban J connectivity index is 0.000000284. The number of phenolic OH excluding ortho intramolecular Hbond substituents is 3. The zero-order valence-corrected chi connectivity index (χ0v) is 78.7. The van der Waals surface area contributed by atoms with Gasteiger partial charge in [0.15, 0.2) is 0 Å². The number of aromatic nitrogens is 9. The first-order valence-electron chi connectivity index (χ1n) is 36.5. The highest BCUT2D eigenvalue weighted by Crippen LogP contribution is 2.51. The Morgan fingerprint density at radius 3 is 1.14 bits per heavy atom. The number of aryl methyl sites for hydroxylation is 2. The zero-order valence-electron chi connectivity index (χ0n) is 68.4. The van der Waals surface area contributed by atoms with E-state index < -0.39 is 78.6 Å². The van der Waals surface area contributed by atoms with E-state index in [-0.39, 0.29) is 143 Å². The largest absolute Gasteiger partial charge is 0.507 e. The summed E-state index contributed by atoms with van der Waals surface area (Å²) in [7, 11) is -15.3. The van der Waals surface area contributed by atoms with Crippen molar-refractivity contribution in [1.82, 2.24) is 44.9 Å². The summed E-state index contributed by atoms with van der Waals surface area (Å²) in [6.07, 6.45) is 0. The lowest BCUT2D eigenvalue weighted by Gasteiger charge is -2.16. The minimum Gasteiger partial charge on any atom is -0.507 e. The summed E-state index contributed by atoms with van der Waals surface area (Å²) in [5.41, 5.74) is 31.9. The van der Waals surface area contributed by atoms with Gasteiger partial charge >= 0.3 is 0 Å². The molecule has 68 heteroatoms. The highest BCUT2D eigenvalue weighted by Gasteiger charge is 2.28. The van der Waals surface area contributed by atoms with E-state index in [4.69, 9.17) is 111 Å². The number of benzene rings is 11. The Bertz CT molecular complexity index is 7440. The molecule has 11 aromatic carbocycles. The first kappa shape index (κ1) is 106. The van der Waals surface area contributed by atoms with Crippen LogP contribution in [0.3, 0.4) is 0 Å². The first-order chi connectivity index (χ1) is 66.2. The number of azo groups is 3. The van der Waals surface area contributed by atoms with E-state index in [0.29, 0.717) is 134 Å². The second-order valence-corrected chi connectivity index (χ2v) is 36.4. The second kappa shape index (κ2) is 47.6. The number of nitrogen functional groups attached to an aromatic ring is 5. The third-order valence-electron chi connectivity index (χ3n) is 17.6. The van der Waals surface area contributed by atoms with Gasteiger partial charge in [0.25, 0.3) is 30.4 Å². The molecule has 0 aliphatic heterocycles. The number of nitrogens with zero attached hydrogens (tertiary/aromatic N) is 15. The van der Waals surface area contributed by atoms with Gasteiger partial charge in [-0.3, -0.25) is 13.7 Å². The summed E-state index contributed by atoms with van der Waals surface area (Å²) in [5.74, 6) is -2.18. The third-order valence-corrected chi connectivity index (χ3v) is 24.6. The number of hydrogen-bond donors (Lipinski definition) is 22. The predicted molar refractivity (Wildman–Crippen MR) is 502 cm³/mol. The van der Waals surface area contributed by atoms with Crippen molar-refractivity contribution in [2.45, 2.75) is 57.9 Å². The summed E-state index contributed by atoms with van der Waals surface area (Å²) in [6, 6.07) is 33.3. The number of phenols is 3. The van der Waals surface area contributed by atoms with Gasteiger partial charge in [0.1, 0.15) is 61.2 Å². The van der Waals surface area contributed by atoms with Crippen molar-refractivity contribution in [3.05, 3.63) is 178 Å². The molecule has 0 atom stereocenters. The molecule has 728 valence electrons. The van der Waals surface area contributed by atoms with Crippen molar-refractivity contribution in [2.24, 2.45) is 30.7 Å². The number of para-hydroxylation sites is 2. The molecule has 14 aromatic rings. The molecule has 3 heterocycles. The number of anilines is 15. The van der Waals surface area contributed by atoms with Crippen LogP contribution in [0.15, 0.2) is 220 Å². The van der Waals surface area contributed by atoms with Crippen molar-refractivity contribution in [3.63, 3.8) is 0 Å². The molecule has 0 saturated heterocycles.